The third-order valence-corrected chi connectivity index (χ3v) is 3.96. The summed E-state index contributed by atoms with van der Waals surface area (Å²) in [5.41, 5.74) is 2.19. The Kier molecular flexibility index (Phi) is 3.27. The van der Waals surface area contributed by atoms with Crippen LogP contribution >= 0.6 is 11.6 Å². The van der Waals surface area contributed by atoms with Gasteiger partial charge in [0.05, 0.1) is 11.2 Å². The molecule has 0 spiro atoms. The smallest absolute Gasteiger partial charge is 0.315 e. The molecule has 100 valence electrons. The summed E-state index contributed by atoms with van der Waals surface area (Å²) in [5, 5.41) is 11.0. The number of rotatable bonds is 2. The molecule has 0 atom stereocenters. The fraction of sp³-hybridized carbons (Fsp3) is 0.333. The highest BCUT2D eigenvalue weighted by Crippen LogP contribution is 2.30. The lowest BCUT2D eigenvalue weighted by atomic mass is 9.87. The molecule has 0 fully saturated rings. The number of pyridine rings is 1. The van der Waals surface area contributed by atoms with Crippen LogP contribution in [-0.2, 0) is 10.2 Å². The van der Waals surface area contributed by atoms with Gasteiger partial charge in [-0.3, -0.25) is 9.78 Å². The van der Waals surface area contributed by atoms with Crippen molar-refractivity contribution in [3.63, 3.8) is 0 Å². The molecule has 0 unspecified atom stereocenters. The third kappa shape index (κ3) is 2.19. The van der Waals surface area contributed by atoms with Crippen LogP contribution in [0, 0.1) is 13.8 Å². The van der Waals surface area contributed by atoms with E-state index in [1.165, 1.54) is 0 Å². The van der Waals surface area contributed by atoms with E-state index in [0.717, 1.165) is 22.0 Å². The summed E-state index contributed by atoms with van der Waals surface area (Å²) in [5.74, 6) is -0.890. The zero-order valence-corrected chi connectivity index (χ0v) is 12.2. The van der Waals surface area contributed by atoms with Crippen molar-refractivity contribution in [3.05, 3.63) is 40.0 Å². The predicted molar refractivity (Wildman–Crippen MR) is 76.9 cm³/mol. The number of hydrogen-bond donors (Lipinski definition) is 1. The van der Waals surface area contributed by atoms with Gasteiger partial charge in [0.15, 0.2) is 0 Å². The summed E-state index contributed by atoms with van der Waals surface area (Å²) in [4.78, 5) is 15.9. The molecule has 0 bridgehead atoms. The lowest BCUT2D eigenvalue weighted by Gasteiger charge is -2.20. The Morgan fingerprint density at radius 1 is 1.32 bits per heavy atom. The molecule has 0 aliphatic carbocycles. The number of carboxylic acid groups (broad SMARTS) is 1. The third-order valence-electron chi connectivity index (χ3n) is 3.55. The van der Waals surface area contributed by atoms with E-state index in [1.807, 2.05) is 32.0 Å². The quantitative estimate of drug-likeness (QED) is 0.907. The fourth-order valence-corrected chi connectivity index (χ4v) is 2.16. The van der Waals surface area contributed by atoms with E-state index >= 15 is 0 Å². The standard InChI is InChI=1S/C15H16ClNO2/c1-8-7-12(15(3,4)14(18)19)17-13-9(2)11(16)6-5-10(8)13/h5-7H,1-4H3,(H,18,19). The van der Waals surface area contributed by atoms with Gasteiger partial charge in [-0.25, -0.2) is 0 Å². The Morgan fingerprint density at radius 3 is 2.53 bits per heavy atom. The Hall–Kier alpha value is -1.61. The van der Waals surface area contributed by atoms with Gasteiger partial charge in [-0.2, -0.15) is 0 Å². The van der Waals surface area contributed by atoms with E-state index < -0.39 is 11.4 Å². The molecule has 1 N–H and O–H groups in total. The maximum atomic E-state index is 11.4. The van der Waals surface area contributed by atoms with Crippen LogP contribution in [0.25, 0.3) is 10.9 Å². The number of aryl methyl sites for hydroxylation is 2. The van der Waals surface area contributed by atoms with Crippen LogP contribution in [0.4, 0.5) is 0 Å². The van der Waals surface area contributed by atoms with Crippen molar-refractivity contribution in [1.29, 1.82) is 0 Å². The summed E-state index contributed by atoms with van der Waals surface area (Å²) >= 11 is 6.11. The Labute approximate surface area is 117 Å². The molecule has 19 heavy (non-hydrogen) atoms. The lowest BCUT2D eigenvalue weighted by molar-refractivity contribution is -0.142. The van der Waals surface area contributed by atoms with Crippen molar-refractivity contribution in [2.75, 3.05) is 0 Å². The van der Waals surface area contributed by atoms with E-state index in [4.69, 9.17) is 11.6 Å². The van der Waals surface area contributed by atoms with Crippen LogP contribution in [0.5, 0.6) is 0 Å². The van der Waals surface area contributed by atoms with Crippen molar-refractivity contribution >= 4 is 28.5 Å². The molecule has 0 aliphatic rings. The van der Waals surface area contributed by atoms with Gasteiger partial charge in [0.2, 0.25) is 0 Å². The average molecular weight is 278 g/mol. The molecule has 1 aromatic heterocycles. The van der Waals surface area contributed by atoms with Crippen LogP contribution in [0.3, 0.4) is 0 Å². The molecule has 2 rings (SSSR count). The molecule has 3 nitrogen and oxygen atoms in total. The minimum atomic E-state index is -1.02. The second-order valence-electron chi connectivity index (χ2n) is 5.32. The SMILES string of the molecule is Cc1cc(C(C)(C)C(=O)O)nc2c(C)c(Cl)ccc12. The second-order valence-corrected chi connectivity index (χ2v) is 5.73. The van der Waals surface area contributed by atoms with Crippen LogP contribution in [0.15, 0.2) is 18.2 Å². The molecule has 0 saturated carbocycles. The largest absolute Gasteiger partial charge is 0.481 e. The monoisotopic (exact) mass is 277 g/mol. The van der Waals surface area contributed by atoms with Gasteiger partial charge >= 0.3 is 5.97 Å². The maximum absolute atomic E-state index is 11.4. The highest BCUT2D eigenvalue weighted by atomic mass is 35.5. The molecular weight excluding hydrogens is 262 g/mol. The van der Waals surface area contributed by atoms with E-state index in [9.17, 15) is 9.90 Å². The number of halogens is 1. The van der Waals surface area contributed by atoms with E-state index in [0.29, 0.717) is 10.7 Å². The normalized spacial score (nSPS) is 11.8. The molecule has 0 saturated heterocycles. The zero-order chi connectivity index (χ0) is 14.4. The number of aromatic nitrogens is 1. The van der Waals surface area contributed by atoms with E-state index in [1.54, 1.807) is 13.8 Å². The molecule has 2 aromatic rings. The summed E-state index contributed by atoms with van der Waals surface area (Å²) < 4.78 is 0. The number of carboxylic acids is 1. The van der Waals surface area contributed by atoms with Crippen LogP contribution in [0.1, 0.15) is 30.7 Å². The summed E-state index contributed by atoms with van der Waals surface area (Å²) in [6.07, 6.45) is 0. The van der Waals surface area contributed by atoms with Crippen molar-refractivity contribution in [2.24, 2.45) is 0 Å². The Balaban J connectivity index is 2.81. The predicted octanol–water partition coefficient (Wildman–Crippen LogP) is 3.87. The van der Waals surface area contributed by atoms with Gasteiger partial charge in [0.25, 0.3) is 0 Å². The minimum Gasteiger partial charge on any atom is -0.481 e. The first kappa shape index (κ1) is 13.8. The first-order chi connectivity index (χ1) is 8.75. The first-order valence-electron chi connectivity index (χ1n) is 6.05. The summed E-state index contributed by atoms with van der Waals surface area (Å²) in [7, 11) is 0. The fourth-order valence-electron chi connectivity index (χ4n) is 2.00. The summed E-state index contributed by atoms with van der Waals surface area (Å²) in [6.45, 7) is 7.17. The molecule has 0 radical (unpaired) electrons. The number of nitrogens with zero attached hydrogens (tertiary/aromatic N) is 1. The van der Waals surface area contributed by atoms with Gasteiger partial charge in [0, 0.05) is 10.4 Å². The Bertz CT molecular complexity index is 677. The topological polar surface area (TPSA) is 50.2 Å². The number of benzene rings is 1. The number of aliphatic carboxylic acids is 1. The highest BCUT2D eigenvalue weighted by Gasteiger charge is 2.31. The second kappa shape index (κ2) is 4.49. The van der Waals surface area contributed by atoms with E-state index in [2.05, 4.69) is 4.98 Å². The van der Waals surface area contributed by atoms with Crippen molar-refractivity contribution in [2.45, 2.75) is 33.1 Å². The molecular formula is C15H16ClNO2. The zero-order valence-electron chi connectivity index (χ0n) is 11.4. The van der Waals surface area contributed by atoms with Gasteiger partial charge in [0.1, 0.15) is 5.41 Å². The van der Waals surface area contributed by atoms with Crippen molar-refractivity contribution < 1.29 is 9.90 Å². The first-order valence-corrected chi connectivity index (χ1v) is 6.43. The van der Waals surface area contributed by atoms with Crippen LogP contribution in [0.2, 0.25) is 5.02 Å². The lowest BCUT2D eigenvalue weighted by Crippen LogP contribution is -2.29. The minimum absolute atomic E-state index is 0.551. The van der Waals surface area contributed by atoms with Gasteiger partial charge in [-0.1, -0.05) is 17.7 Å². The van der Waals surface area contributed by atoms with Crippen molar-refractivity contribution in [1.82, 2.24) is 4.98 Å². The Morgan fingerprint density at radius 2 is 1.95 bits per heavy atom. The maximum Gasteiger partial charge on any atom is 0.315 e. The highest BCUT2D eigenvalue weighted by molar-refractivity contribution is 6.32. The molecule has 0 aliphatic heterocycles. The molecule has 1 aromatic carbocycles. The van der Waals surface area contributed by atoms with Gasteiger partial charge in [-0.05, 0) is 51.0 Å². The number of hydrogen-bond acceptors (Lipinski definition) is 2. The number of fused-ring (bicyclic) bond motifs is 1. The molecule has 0 amide bonds. The van der Waals surface area contributed by atoms with E-state index in [-0.39, 0.29) is 0 Å². The van der Waals surface area contributed by atoms with Crippen LogP contribution in [-0.4, -0.2) is 16.1 Å². The summed E-state index contributed by atoms with van der Waals surface area (Å²) in [6, 6.07) is 5.60. The van der Waals surface area contributed by atoms with Crippen molar-refractivity contribution in [3.8, 4) is 0 Å². The van der Waals surface area contributed by atoms with Crippen LogP contribution < -0.4 is 0 Å². The van der Waals surface area contributed by atoms with Gasteiger partial charge in [-0.15, -0.1) is 0 Å². The number of carbonyl (C=O) groups is 1. The average Bonchev–Trinajstić information content (AvgIpc) is 2.33. The van der Waals surface area contributed by atoms with Gasteiger partial charge < -0.3 is 5.11 Å². The molecule has 1 heterocycles. The molecule has 4 heteroatoms.